The molecule has 0 spiro atoms. The molecule has 1 N–H and O–H groups in total. The van der Waals surface area contributed by atoms with Crippen LogP contribution in [0.5, 0.6) is 0 Å². The van der Waals surface area contributed by atoms with Gasteiger partial charge in [0.1, 0.15) is 6.04 Å². The molecule has 0 aromatic heterocycles. The highest BCUT2D eigenvalue weighted by atomic mass is 35.5. The number of nitrogens with one attached hydrogen (secondary N) is 1. The molecule has 1 heterocycles. The third-order valence-corrected chi connectivity index (χ3v) is 5.54. The third-order valence-electron chi connectivity index (χ3n) is 4.29. The van der Waals surface area contributed by atoms with Crippen LogP contribution in [0.25, 0.3) is 0 Å². The van der Waals surface area contributed by atoms with Crippen LogP contribution in [0.2, 0.25) is 5.02 Å². The Hall–Kier alpha value is -1.98. The van der Waals surface area contributed by atoms with Crippen molar-refractivity contribution in [2.45, 2.75) is 19.9 Å². The second-order valence-corrected chi connectivity index (χ2v) is 7.53. The summed E-state index contributed by atoms with van der Waals surface area (Å²) in [6, 6.07) is 12.1. The van der Waals surface area contributed by atoms with E-state index in [9.17, 15) is 9.59 Å². The molecule has 4 nitrogen and oxygen atoms in total. The average Bonchev–Trinajstić information content (AvgIpc) is 3.07. The maximum absolute atomic E-state index is 12.7. The van der Waals surface area contributed by atoms with Crippen LogP contribution < -0.4 is 5.32 Å². The van der Waals surface area contributed by atoms with Crippen LogP contribution in [-0.2, 0) is 4.79 Å². The number of thioether (sulfide) groups is 1. The van der Waals surface area contributed by atoms with Crippen molar-refractivity contribution in [3.05, 3.63) is 64.2 Å². The van der Waals surface area contributed by atoms with E-state index < -0.39 is 6.04 Å². The molecule has 3 rings (SSSR count). The Kier molecular flexibility index (Phi) is 5.35. The van der Waals surface area contributed by atoms with Crippen molar-refractivity contribution in [1.29, 1.82) is 0 Å². The smallest absolute Gasteiger partial charge is 0.255 e. The van der Waals surface area contributed by atoms with Crippen molar-refractivity contribution in [2.24, 2.45) is 0 Å². The minimum Gasteiger partial charge on any atom is -0.324 e. The van der Waals surface area contributed by atoms with Gasteiger partial charge in [-0.1, -0.05) is 23.7 Å². The normalized spacial score (nSPS) is 16.8. The number of halogens is 1. The van der Waals surface area contributed by atoms with Crippen molar-refractivity contribution < 1.29 is 9.59 Å². The van der Waals surface area contributed by atoms with E-state index in [1.54, 1.807) is 40.9 Å². The summed E-state index contributed by atoms with van der Waals surface area (Å²) in [4.78, 5) is 27.0. The van der Waals surface area contributed by atoms with Crippen LogP contribution in [0, 0.1) is 13.8 Å². The molecule has 0 saturated carbocycles. The number of benzene rings is 2. The fourth-order valence-corrected chi connectivity index (χ4v) is 4.04. The molecule has 1 aliphatic heterocycles. The molecule has 6 heteroatoms. The molecular formula is C19H19ClN2O2S. The highest BCUT2D eigenvalue weighted by Crippen LogP contribution is 2.25. The molecule has 1 aliphatic rings. The lowest BCUT2D eigenvalue weighted by Crippen LogP contribution is -2.44. The van der Waals surface area contributed by atoms with Crippen LogP contribution in [0.4, 0.5) is 5.69 Å². The van der Waals surface area contributed by atoms with Gasteiger partial charge in [-0.2, -0.15) is 0 Å². The minimum absolute atomic E-state index is 0.163. The Bertz CT molecular complexity index is 825. The number of rotatable bonds is 3. The van der Waals surface area contributed by atoms with E-state index in [4.69, 9.17) is 11.6 Å². The zero-order chi connectivity index (χ0) is 18.0. The number of carbonyl (C=O) groups excluding carboxylic acids is 2. The lowest BCUT2D eigenvalue weighted by Gasteiger charge is -2.23. The monoisotopic (exact) mass is 374 g/mol. The predicted octanol–water partition coefficient (Wildman–Crippen LogP) is 4.11. The van der Waals surface area contributed by atoms with E-state index in [1.165, 1.54) is 5.56 Å². The van der Waals surface area contributed by atoms with Gasteiger partial charge < -0.3 is 10.2 Å². The predicted molar refractivity (Wildman–Crippen MR) is 103 cm³/mol. The molecule has 0 bridgehead atoms. The Morgan fingerprint density at radius 1 is 1.16 bits per heavy atom. The average molecular weight is 375 g/mol. The number of aryl methyl sites for hydroxylation is 2. The summed E-state index contributed by atoms with van der Waals surface area (Å²) in [5, 5.41) is 3.44. The highest BCUT2D eigenvalue weighted by molar-refractivity contribution is 7.99. The fourth-order valence-electron chi connectivity index (χ4n) is 2.69. The number of anilines is 1. The van der Waals surface area contributed by atoms with E-state index in [0.717, 1.165) is 11.3 Å². The minimum atomic E-state index is -0.488. The number of hydrogen-bond donors (Lipinski definition) is 1. The number of amides is 2. The van der Waals surface area contributed by atoms with E-state index in [2.05, 4.69) is 5.32 Å². The molecule has 0 radical (unpaired) electrons. The largest absolute Gasteiger partial charge is 0.324 e. The van der Waals surface area contributed by atoms with Crippen LogP contribution in [-0.4, -0.2) is 34.4 Å². The van der Waals surface area contributed by atoms with Gasteiger partial charge in [-0.25, -0.2) is 0 Å². The number of nitrogens with zero attached hydrogens (tertiary/aromatic N) is 1. The maximum atomic E-state index is 12.7. The first-order valence-electron chi connectivity index (χ1n) is 7.98. The van der Waals surface area contributed by atoms with Crippen LogP contribution in [0.15, 0.2) is 42.5 Å². The van der Waals surface area contributed by atoms with E-state index in [-0.39, 0.29) is 11.8 Å². The van der Waals surface area contributed by atoms with E-state index >= 15 is 0 Å². The SMILES string of the molecule is Cc1ccc(NC(=O)C2CSCN2C(=O)c2cccc(Cl)c2)cc1C. The number of carbonyl (C=O) groups is 2. The standard InChI is InChI=1S/C19H19ClN2O2S/c1-12-6-7-16(8-13(12)2)21-18(23)17-10-25-11-22(17)19(24)14-4-3-5-15(20)9-14/h3-9,17H,10-11H2,1-2H3,(H,21,23). The van der Waals surface area contributed by atoms with Crippen molar-refractivity contribution in [2.75, 3.05) is 16.9 Å². The molecule has 1 atom stereocenters. The first kappa shape index (κ1) is 17.8. The molecule has 25 heavy (non-hydrogen) atoms. The molecule has 2 aromatic rings. The Morgan fingerprint density at radius 3 is 2.68 bits per heavy atom. The van der Waals surface area contributed by atoms with Crippen molar-refractivity contribution >= 4 is 40.9 Å². The van der Waals surface area contributed by atoms with Crippen molar-refractivity contribution in [1.82, 2.24) is 4.90 Å². The summed E-state index contributed by atoms with van der Waals surface area (Å²) in [7, 11) is 0. The second-order valence-electron chi connectivity index (χ2n) is 6.09. The molecule has 1 unspecified atom stereocenters. The van der Waals surface area contributed by atoms with Crippen molar-refractivity contribution in [3.8, 4) is 0 Å². The summed E-state index contributed by atoms with van der Waals surface area (Å²) in [5.41, 5.74) is 3.54. The third kappa shape index (κ3) is 3.99. The van der Waals surface area contributed by atoms with Gasteiger partial charge in [-0.15, -0.1) is 11.8 Å². The first-order chi connectivity index (χ1) is 12.0. The molecule has 1 fully saturated rings. The maximum Gasteiger partial charge on any atom is 0.255 e. The van der Waals surface area contributed by atoms with Crippen LogP contribution in [0.3, 0.4) is 0 Å². The zero-order valence-corrected chi connectivity index (χ0v) is 15.7. The van der Waals surface area contributed by atoms with Crippen molar-refractivity contribution in [3.63, 3.8) is 0 Å². The van der Waals surface area contributed by atoms with Gasteiger partial charge >= 0.3 is 0 Å². The highest BCUT2D eigenvalue weighted by Gasteiger charge is 2.35. The fraction of sp³-hybridized carbons (Fsp3) is 0.263. The Labute approximate surface area is 156 Å². The van der Waals surface area contributed by atoms with E-state index in [0.29, 0.717) is 22.2 Å². The second kappa shape index (κ2) is 7.50. The van der Waals surface area contributed by atoms with Gasteiger partial charge in [-0.05, 0) is 55.3 Å². The first-order valence-corrected chi connectivity index (χ1v) is 9.51. The molecule has 2 aromatic carbocycles. The van der Waals surface area contributed by atoms with Gasteiger partial charge in [0.05, 0.1) is 5.88 Å². The Morgan fingerprint density at radius 2 is 1.96 bits per heavy atom. The molecule has 130 valence electrons. The van der Waals surface area contributed by atoms with E-state index in [1.807, 2.05) is 32.0 Å². The molecule has 2 amide bonds. The van der Waals surface area contributed by atoms with Gasteiger partial charge in [-0.3, -0.25) is 9.59 Å². The number of hydrogen-bond acceptors (Lipinski definition) is 3. The molecule has 1 saturated heterocycles. The van der Waals surface area contributed by atoms with Gasteiger partial charge in [0.25, 0.3) is 5.91 Å². The molecular weight excluding hydrogens is 356 g/mol. The summed E-state index contributed by atoms with van der Waals surface area (Å²) in [6.07, 6.45) is 0. The molecule has 0 aliphatic carbocycles. The van der Waals surface area contributed by atoms with Gasteiger partial charge in [0, 0.05) is 22.0 Å². The lowest BCUT2D eigenvalue weighted by molar-refractivity contribution is -0.119. The summed E-state index contributed by atoms with van der Waals surface area (Å²) < 4.78 is 0. The quantitative estimate of drug-likeness (QED) is 0.879. The summed E-state index contributed by atoms with van der Waals surface area (Å²) in [6.45, 7) is 4.03. The topological polar surface area (TPSA) is 49.4 Å². The van der Waals surface area contributed by atoms with Gasteiger partial charge in [0.15, 0.2) is 0 Å². The summed E-state index contributed by atoms with van der Waals surface area (Å²) in [5.74, 6) is 0.746. The Balaban J connectivity index is 1.75. The summed E-state index contributed by atoms with van der Waals surface area (Å²) >= 11 is 7.55. The lowest BCUT2D eigenvalue weighted by atomic mass is 10.1. The van der Waals surface area contributed by atoms with Crippen LogP contribution in [0.1, 0.15) is 21.5 Å². The zero-order valence-electron chi connectivity index (χ0n) is 14.1. The van der Waals surface area contributed by atoms with Crippen LogP contribution >= 0.6 is 23.4 Å². The van der Waals surface area contributed by atoms with Gasteiger partial charge in [0.2, 0.25) is 5.91 Å².